The Bertz CT molecular complexity index is 1000. The minimum atomic E-state index is -0.486. The third kappa shape index (κ3) is 3.90. The molecule has 28 heavy (non-hydrogen) atoms. The minimum Gasteiger partial charge on any atom is -0.497 e. The number of benzene rings is 2. The lowest BCUT2D eigenvalue weighted by molar-refractivity contribution is 0.101. The summed E-state index contributed by atoms with van der Waals surface area (Å²) < 4.78 is 12.0. The second kappa shape index (κ2) is 8.50. The predicted molar refractivity (Wildman–Crippen MR) is 108 cm³/mol. The number of methoxy groups -OCH3 is 2. The van der Waals surface area contributed by atoms with Crippen LogP contribution in [-0.2, 0) is 6.42 Å². The summed E-state index contributed by atoms with van der Waals surface area (Å²) in [5, 5.41) is 7.89. The Kier molecular flexibility index (Phi) is 6.06. The van der Waals surface area contributed by atoms with E-state index in [-0.39, 0.29) is 5.82 Å². The number of nitrogens with one attached hydrogen (secondary N) is 1. The number of amides is 1. The molecule has 9 heteroatoms. The van der Waals surface area contributed by atoms with Gasteiger partial charge in [-0.1, -0.05) is 36.2 Å². The van der Waals surface area contributed by atoms with Crippen LogP contribution in [0.25, 0.3) is 5.69 Å². The SMILES string of the molecule is CCc1nc(C(=O)Nc2ccc(OC)cc2OC)nn1-c1c(Cl)cccc1Cl. The molecule has 0 aliphatic heterocycles. The van der Waals surface area contributed by atoms with Crippen LogP contribution in [0.5, 0.6) is 11.5 Å². The Morgan fingerprint density at radius 3 is 2.46 bits per heavy atom. The quantitative estimate of drug-likeness (QED) is 0.638. The van der Waals surface area contributed by atoms with Gasteiger partial charge in [0.1, 0.15) is 23.0 Å². The standard InChI is InChI=1S/C19H18Cl2N4O3/c1-4-16-23-18(24-25(16)17-12(20)6-5-7-13(17)21)19(26)22-14-9-8-11(27-2)10-15(14)28-3/h5-10H,4H2,1-3H3,(H,22,26). The van der Waals surface area contributed by atoms with Crippen LogP contribution >= 0.6 is 23.2 Å². The van der Waals surface area contributed by atoms with Gasteiger partial charge >= 0.3 is 0 Å². The first kappa shape index (κ1) is 20.0. The van der Waals surface area contributed by atoms with E-state index in [1.807, 2.05) is 6.92 Å². The Labute approximate surface area is 172 Å². The van der Waals surface area contributed by atoms with Gasteiger partial charge in [0.05, 0.1) is 30.0 Å². The first-order chi connectivity index (χ1) is 13.5. The summed E-state index contributed by atoms with van der Waals surface area (Å²) in [5.41, 5.74) is 0.953. The summed E-state index contributed by atoms with van der Waals surface area (Å²) in [6.07, 6.45) is 0.535. The fraction of sp³-hybridized carbons (Fsp3) is 0.211. The summed E-state index contributed by atoms with van der Waals surface area (Å²) in [6, 6.07) is 10.2. The van der Waals surface area contributed by atoms with E-state index in [4.69, 9.17) is 32.7 Å². The lowest BCUT2D eigenvalue weighted by Crippen LogP contribution is -2.15. The van der Waals surface area contributed by atoms with Crippen LogP contribution in [0.1, 0.15) is 23.4 Å². The van der Waals surface area contributed by atoms with Gasteiger partial charge in [0.15, 0.2) is 0 Å². The molecule has 1 amide bonds. The number of aromatic nitrogens is 3. The molecular formula is C19H18Cl2N4O3. The largest absolute Gasteiger partial charge is 0.497 e. The molecule has 146 valence electrons. The molecule has 1 aromatic heterocycles. The van der Waals surface area contributed by atoms with Crippen LogP contribution in [0.4, 0.5) is 5.69 Å². The van der Waals surface area contributed by atoms with E-state index in [1.54, 1.807) is 43.5 Å². The number of carbonyl (C=O) groups excluding carboxylic acids is 1. The highest BCUT2D eigenvalue weighted by molar-refractivity contribution is 6.37. The second-order valence-electron chi connectivity index (χ2n) is 5.71. The zero-order valence-electron chi connectivity index (χ0n) is 15.5. The Morgan fingerprint density at radius 1 is 1.14 bits per heavy atom. The molecule has 0 saturated heterocycles. The molecule has 1 N–H and O–H groups in total. The van der Waals surface area contributed by atoms with Crippen molar-refractivity contribution in [1.29, 1.82) is 0 Å². The van der Waals surface area contributed by atoms with E-state index in [0.29, 0.717) is 45.2 Å². The molecule has 0 unspecified atom stereocenters. The van der Waals surface area contributed by atoms with Crippen LogP contribution in [0.2, 0.25) is 10.0 Å². The summed E-state index contributed by atoms with van der Waals surface area (Å²) >= 11 is 12.6. The van der Waals surface area contributed by atoms with Gasteiger partial charge in [0.2, 0.25) is 5.82 Å². The fourth-order valence-electron chi connectivity index (χ4n) is 2.62. The molecule has 3 rings (SSSR count). The molecule has 7 nitrogen and oxygen atoms in total. The molecule has 1 heterocycles. The van der Waals surface area contributed by atoms with Gasteiger partial charge in [-0.05, 0) is 24.3 Å². The topological polar surface area (TPSA) is 78.3 Å². The molecule has 0 aliphatic rings. The third-order valence-electron chi connectivity index (χ3n) is 4.00. The molecule has 0 aliphatic carbocycles. The lowest BCUT2D eigenvalue weighted by atomic mass is 10.2. The third-order valence-corrected chi connectivity index (χ3v) is 4.61. The van der Waals surface area contributed by atoms with Crippen molar-refractivity contribution in [3.05, 3.63) is 58.1 Å². The number of anilines is 1. The molecule has 3 aromatic rings. The molecule has 0 fully saturated rings. The number of nitrogens with zero attached hydrogens (tertiary/aromatic N) is 3. The molecule has 0 atom stereocenters. The monoisotopic (exact) mass is 420 g/mol. The van der Waals surface area contributed by atoms with E-state index in [9.17, 15) is 4.79 Å². The molecule has 0 radical (unpaired) electrons. The maximum Gasteiger partial charge on any atom is 0.295 e. The van der Waals surface area contributed by atoms with Crippen molar-refractivity contribution in [1.82, 2.24) is 14.8 Å². The number of hydrogen-bond donors (Lipinski definition) is 1. The van der Waals surface area contributed by atoms with Gasteiger partial charge in [-0.15, -0.1) is 5.10 Å². The number of aryl methyl sites for hydroxylation is 1. The van der Waals surface area contributed by atoms with Crippen LogP contribution in [-0.4, -0.2) is 34.9 Å². The fourth-order valence-corrected chi connectivity index (χ4v) is 3.18. The van der Waals surface area contributed by atoms with E-state index < -0.39 is 5.91 Å². The first-order valence-corrected chi connectivity index (χ1v) is 9.17. The average molecular weight is 421 g/mol. The van der Waals surface area contributed by atoms with Gasteiger partial charge in [-0.25, -0.2) is 9.67 Å². The van der Waals surface area contributed by atoms with Crippen LogP contribution in [0.3, 0.4) is 0 Å². The number of ether oxygens (including phenoxy) is 2. The van der Waals surface area contributed by atoms with Gasteiger partial charge in [-0.3, -0.25) is 4.79 Å². The van der Waals surface area contributed by atoms with Gasteiger partial charge < -0.3 is 14.8 Å². The number of para-hydroxylation sites is 1. The molecule has 0 saturated carbocycles. The van der Waals surface area contributed by atoms with Gasteiger partial charge in [-0.2, -0.15) is 0 Å². The highest BCUT2D eigenvalue weighted by Crippen LogP contribution is 2.30. The molecule has 0 bridgehead atoms. The number of halogens is 2. The highest BCUT2D eigenvalue weighted by atomic mass is 35.5. The lowest BCUT2D eigenvalue weighted by Gasteiger charge is -2.10. The normalized spacial score (nSPS) is 10.6. The van der Waals surface area contributed by atoms with Crippen molar-refractivity contribution >= 4 is 34.8 Å². The van der Waals surface area contributed by atoms with E-state index in [2.05, 4.69) is 15.4 Å². The molecule has 0 spiro atoms. The first-order valence-electron chi connectivity index (χ1n) is 8.42. The number of carbonyl (C=O) groups is 1. The van der Waals surface area contributed by atoms with Crippen molar-refractivity contribution in [2.24, 2.45) is 0 Å². The van der Waals surface area contributed by atoms with E-state index >= 15 is 0 Å². The summed E-state index contributed by atoms with van der Waals surface area (Å²) in [4.78, 5) is 17.0. The van der Waals surface area contributed by atoms with E-state index in [0.717, 1.165) is 0 Å². The zero-order valence-corrected chi connectivity index (χ0v) is 17.0. The highest BCUT2D eigenvalue weighted by Gasteiger charge is 2.20. The van der Waals surface area contributed by atoms with Crippen molar-refractivity contribution in [2.75, 3.05) is 19.5 Å². The van der Waals surface area contributed by atoms with Crippen molar-refractivity contribution in [2.45, 2.75) is 13.3 Å². The van der Waals surface area contributed by atoms with Crippen molar-refractivity contribution in [3.63, 3.8) is 0 Å². The van der Waals surface area contributed by atoms with Gasteiger partial charge in [0, 0.05) is 12.5 Å². The summed E-state index contributed by atoms with van der Waals surface area (Å²) in [5.74, 6) is 1.13. The van der Waals surface area contributed by atoms with Gasteiger partial charge in [0.25, 0.3) is 5.91 Å². The van der Waals surface area contributed by atoms with Crippen LogP contribution < -0.4 is 14.8 Å². The maximum atomic E-state index is 12.7. The number of hydrogen-bond acceptors (Lipinski definition) is 5. The van der Waals surface area contributed by atoms with Crippen molar-refractivity contribution in [3.8, 4) is 17.2 Å². The van der Waals surface area contributed by atoms with Crippen molar-refractivity contribution < 1.29 is 14.3 Å². The predicted octanol–water partition coefficient (Wildman–Crippen LogP) is 4.41. The Balaban J connectivity index is 1.95. The smallest absolute Gasteiger partial charge is 0.295 e. The molecular weight excluding hydrogens is 403 g/mol. The van der Waals surface area contributed by atoms with Crippen LogP contribution in [0.15, 0.2) is 36.4 Å². The Morgan fingerprint density at radius 2 is 1.86 bits per heavy atom. The Hall–Kier alpha value is -2.77. The zero-order chi connectivity index (χ0) is 20.3. The maximum absolute atomic E-state index is 12.7. The minimum absolute atomic E-state index is 0.00860. The molecule has 2 aromatic carbocycles. The summed E-state index contributed by atoms with van der Waals surface area (Å²) in [6.45, 7) is 1.90. The number of rotatable bonds is 6. The summed E-state index contributed by atoms with van der Waals surface area (Å²) in [7, 11) is 3.06. The van der Waals surface area contributed by atoms with Crippen LogP contribution in [0, 0.1) is 0 Å². The average Bonchev–Trinajstić information content (AvgIpc) is 3.12. The second-order valence-corrected chi connectivity index (χ2v) is 6.52. The van der Waals surface area contributed by atoms with E-state index in [1.165, 1.54) is 11.8 Å².